The number of methoxy groups -OCH3 is 1. The molecule has 1 rings (SSSR count). The van der Waals surface area contributed by atoms with Crippen LogP contribution in [0.1, 0.15) is 22.8 Å². The minimum absolute atomic E-state index is 0.249. The predicted octanol–water partition coefficient (Wildman–Crippen LogP) is 1.30. The normalized spacial score (nSPS) is 9.67. The molecule has 1 aromatic carbocycles. The smallest absolute Gasteiger partial charge is 0.407 e. The SMILES string of the molecule is CCOC(=O)c1cc(CNC(=O)OC)ccc1N. The molecule has 0 heterocycles. The average molecular weight is 252 g/mol. The van der Waals surface area contributed by atoms with Crippen LogP contribution in [0.15, 0.2) is 18.2 Å². The van der Waals surface area contributed by atoms with E-state index < -0.39 is 12.1 Å². The van der Waals surface area contributed by atoms with E-state index in [0.717, 1.165) is 5.56 Å². The van der Waals surface area contributed by atoms with Gasteiger partial charge in [0, 0.05) is 12.2 Å². The molecule has 98 valence electrons. The second-order valence-corrected chi connectivity index (χ2v) is 3.49. The Morgan fingerprint density at radius 1 is 1.39 bits per heavy atom. The van der Waals surface area contributed by atoms with Crippen LogP contribution in [-0.2, 0) is 16.0 Å². The Morgan fingerprint density at radius 3 is 2.72 bits per heavy atom. The minimum Gasteiger partial charge on any atom is -0.462 e. The maximum atomic E-state index is 11.6. The highest BCUT2D eigenvalue weighted by atomic mass is 16.5. The van der Waals surface area contributed by atoms with Gasteiger partial charge in [-0.3, -0.25) is 0 Å². The van der Waals surface area contributed by atoms with Crippen LogP contribution in [0.2, 0.25) is 0 Å². The summed E-state index contributed by atoms with van der Waals surface area (Å²) in [6, 6.07) is 4.90. The first kappa shape index (κ1) is 13.8. The number of benzene rings is 1. The van der Waals surface area contributed by atoms with Gasteiger partial charge in [0.05, 0.1) is 19.3 Å². The number of hydrogen-bond donors (Lipinski definition) is 2. The van der Waals surface area contributed by atoms with Crippen molar-refractivity contribution in [2.45, 2.75) is 13.5 Å². The van der Waals surface area contributed by atoms with Gasteiger partial charge in [0.15, 0.2) is 0 Å². The van der Waals surface area contributed by atoms with E-state index in [1.54, 1.807) is 25.1 Å². The van der Waals surface area contributed by atoms with Gasteiger partial charge in [-0.15, -0.1) is 0 Å². The minimum atomic E-state index is -0.537. The molecule has 0 aliphatic heterocycles. The molecule has 6 nitrogen and oxygen atoms in total. The molecule has 0 unspecified atom stereocenters. The molecule has 0 saturated carbocycles. The van der Waals surface area contributed by atoms with Crippen molar-refractivity contribution in [1.82, 2.24) is 5.32 Å². The number of ether oxygens (including phenoxy) is 2. The van der Waals surface area contributed by atoms with Gasteiger partial charge >= 0.3 is 12.1 Å². The molecule has 0 radical (unpaired) electrons. The molecule has 0 spiro atoms. The molecule has 0 fully saturated rings. The average Bonchev–Trinajstić information content (AvgIpc) is 2.37. The Labute approximate surface area is 105 Å². The van der Waals surface area contributed by atoms with Crippen molar-refractivity contribution in [3.63, 3.8) is 0 Å². The number of anilines is 1. The summed E-state index contributed by atoms with van der Waals surface area (Å²) in [4.78, 5) is 22.5. The number of amides is 1. The lowest BCUT2D eigenvalue weighted by Gasteiger charge is -2.08. The Balaban J connectivity index is 2.80. The lowest BCUT2D eigenvalue weighted by atomic mass is 10.1. The van der Waals surface area contributed by atoms with Crippen molar-refractivity contribution in [2.75, 3.05) is 19.5 Å². The number of nitrogen functional groups attached to an aromatic ring is 1. The van der Waals surface area contributed by atoms with E-state index in [9.17, 15) is 9.59 Å². The van der Waals surface area contributed by atoms with Gasteiger partial charge in [0.25, 0.3) is 0 Å². The van der Waals surface area contributed by atoms with Gasteiger partial charge in [-0.25, -0.2) is 9.59 Å². The van der Waals surface area contributed by atoms with Crippen molar-refractivity contribution < 1.29 is 19.1 Å². The fourth-order valence-corrected chi connectivity index (χ4v) is 1.35. The molecule has 0 bridgehead atoms. The summed E-state index contributed by atoms with van der Waals surface area (Å²) in [5, 5.41) is 2.51. The van der Waals surface area contributed by atoms with Crippen LogP contribution in [0.3, 0.4) is 0 Å². The maximum Gasteiger partial charge on any atom is 0.407 e. The van der Waals surface area contributed by atoms with E-state index in [2.05, 4.69) is 10.1 Å². The largest absolute Gasteiger partial charge is 0.462 e. The fraction of sp³-hybridized carbons (Fsp3) is 0.333. The van der Waals surface area contributed by atoms with Crippen LogP contribution in [-0.4, -0.2) is 25.8 Å². The van der Waals surface area contributed by atoms with Crippen molar-refractivity contribution in [3.8, 4) is 0 Å². The fourth-order valence-electron chi connectivity index (χ4n) is 1.35. The highest BCUT2D eigenvalue weighted by Gasteiger charge is 2.11. The molecule has 1 aromatic rings. The van der Waals surface area contributed by atoms with E-state index in [1.165, 1.54) is 7.11 Å². The van der Waals surface area contributed by atoms with Gasteiger partial charge in [-0.2, -0.15) is 0 Å². The standard InChI is InChI=1S/C12H16N2O4/c1-3-18-11(15)9-6-8(4-5-10(9)13)7-14-12(16)17-2/h4-6H,3,7,13H2,1-2H3,(H,14,16). The predicted molar refractivity (Wildman–Crippen MR) is 66.1 cm³/mol. The van der Waals surface area contributed by atoms with Gasteiger partial charge in [0.2, 0.25) is 0 Å². The van der Waals surface area contributed by atoms with E-state index in [0.29, 0.717) is 11.3 Å². The second kappa shape index (κ2) is 6.48. The first-order chi connectivity index (χ1) is 8.58. The molecule has 0 saturated heterocycles. The third-order valence-corrected chi connectivity index (χ3v) is 2.24. The van der Waals surface area contributed by atoms with E-state index >= 15 is 0 Å². The van der Waals surface area contributed by atoms with Crippen LogP contribution >= 0.6 is 0 Å². The van der Waals surface area contributed by atoms with E-state index in [1.807, 2.05) is 0 Å². The molecular weight excluding hydrogens is 236 g/mol. The van der Waals surface area contributed by atoms with Crippen molar-refractivity contribution in [1.29, 1.82) is 0 Å². The Kier molecular flexibility index (Phi) is 4.98. The molecule has 1 amide bonds. The van der Waals surface area contributed by atoms with Gasteiger partial charge in [-0.05, 0) is 24.6 Å². The number of nitrogens with two attached hydrogens (primary N) is 1. The summed E-state index contributed by atoms with van der Waals surface area (Å²) in [5.41, 5.74) is 7.06. The summed E-state index contributed by atoms with van der Waals surface area (Å²) < 4.78 is 9.33. The molecule has 0 atom stereocenters. The zero-order chi connectivity index (χ0) is 13.5. The van der Waals surface area contributed by atoms with Crippen LogP contribution in [0.5, 0.6) is 0 Å². The van der Waals surface area contributed by atoms with E-state index in [-0.39, 0.29) is 13.2 Å². The van der Waals surface area contributed by atoms with Gasteiger partial charge in [0.1, 0.15) is 0 Å². The lowest BCUT2D eigenvalue weighted by molar-refractivity contribution is 0.0527. The van der Waals surface area contributed by atoms with Gasteiger partial charge < -0.3 is 20.5 Å². The molecule has 18 heavy (non-hydrogen) atoms. The Hall–Kier alpha value is -2.24. The highest BCUT2D eigenvalue weighted by molar-refractivity contribution is 5.95. The van der Waals surface area contributed by atoms with Crippen molar-refractivity contribution in [3.05, 3.63) is 29.3 Å². The molecule has 0 aliphatic carbocycles. The molecule has 0 aromatic heterocycles. The number of rotatable bonds is 4. The van der Waals surface area contributed by atoms with Crippen molar-refractivity contribution >= 4 is 17.7 Å². The van der Waals surface area contributed by atoms with Gasteiger partial charge in [-0.1, -0.05) is 6.07 Å². The molecular formula is C12H16N2O4. The van der Waals surface area contributed by atoms with Crippen LogP contribution in [0.25, 0.3) is 0 Å². The monoisotopic (exact) mass is 252 g/mol. The first-order valence-electron chi connectivity index (χ1n) is 5.45. The first-order valence-corrected chi connectivity index (χ1v) is 5.45. The number of alkyl carbamates (subject to hydrolysis) is 1. The number of nitrogens with one attached hydrogen (secondary N) is 1. The molecule has 0 aliphatic rings. The zero-order valence-corrected chi connectivity index (χ0v) is 10.4. The topological polar surface area (TPSA) is 90.6 Å². The summed E-state index contributed by atoms with van der Waals surface area (Å²) in [5.74, 6) is -0.477. The van der Waals surface area contributed by atoms with E-state index in [4.69, 9.17) is 10.5 Å². The quantitative estimate of drug-likeness (QED) is 0.622. The van der Waals surface area contributed by atoms with Crippen LogP contribution in [0.4, 0.5) is 10.5 Å². The third kappa shape index (κ3) is 3.65. The summed E-state index contributed by atoms with van der Waals surface area (Å²) in [7, 11) is 1.28. The molecule has 3 N–H and O–H groups in total. The summed E-state index contributed by atoms with van der Waals surface area (Å²) >= 11 is 0. The Bertz CT molecular complexity index is 446. The van der Waals surface area contributed by atoms with Crippen molar-refractivity contribution in [2.24, 2.45) is 0 Å². The lowest BCUT2D eigenvalue weighted by Crippen LogP contribution is -2.22. The highest BCUT2D eigenvalue weighted by Crippen LogP contribution is 2.15. The second-order valence-electron chi connectivity index (χ2n) is 3.49. The summed E-state index contributed by atoms with van der Waals surface area (Å²) in [6.45, 7) is 2.25. The molecule has 6 heteroatoms. The summed E-state index contributed by atoms with van der Waals surface area (Å²) in [6.07, 6.45) is -0.537. The Morgan fingerprint density at radius 2 is 2.11 bits per heavy atom. The van der Waals surface area contributed by atoms with Crippen LogP contribution < -0.4 is 11.1 Å². The number of esters is 1. The maximum absolute atomic E-state index is 11.6. The zero-order valence-electron chi connectivity index (χ0n) is 10.4. The number of hydrogen-bond acceptors (Lipinski definition) is 5. The third-order valence-electron chi connectivity index (χ3n) is 2.24. The number of carbonyl (C=O) groups is 2. The number of carbonyl (C=O) groups excluding carboxylic acids is 2. The van der Waals surface area contributed by atoms with Crippen LogP contribution in [0, 0.1) is 0 Å².